The molecule has 0 aliphatic rings. The zero-order valence-electron chi connectivity index (χ0n) is 16.7. The van der Waals surface area contributed by atoms with Gasteiger partial charge in [0, 0.05) is 27.5 Å². The molecule has 0 radical (unpaired) electrons. The molecule has 5 rings (SSSR count). The topological polar surface area (TPSA) is 16.1 Å². The Labute approximate surface area is 191 Å². The molecule has 0 saturated carbocycles. The van der Waals surface area contributed by atoms with Crippen LogP contribution in [0.2, 0.25) is 5.02 Å². The molecule has 2 nitrogen and oxygen atoms in total. The van der Waals surface area contributed by atoms with E-state index in [2.05, 4.69) is 77.7 Å². The number of hydrogen-bond acceptors (Lipinski definition) is 3. The first-order valence-electron chi connectivity index (χ1n) is 10.0. The van der Waals surface area contributed by atoms with Gasteiger partial charge in [0.1, 0.15) is 15.7 Å². The van der Waals surface area contributed by atoms with Crippen molar-refractivity contribution in [2.24, 2.45) is 0 Å². The average molecular weight is 439 g/mol. The molecule has 0 unspecified atom stereocenters. The summed E-state index contributed by atoms with van der Waals surface area (Å²) in [6.07, 6.45) is 0. The quantitative estimate of drug-likeness (QED) is 0.273. The molecule has 5 aromatic rings. The molecule has 0 spiro atoms. The maximum absolute atomic E-state index is 6.12. The van der Waals surface area contributed by atoms with Crippen molar-refractivity contribution in [2.45, 2.75) is 0 Å². The van der Waals surface area contributed by atoms with Gasteiger partial charge < -0.3 is 4.90 Å². The molecule has 31 heavy (non-hydrogen) atoms. The first kappa shape index (κ1) is 19.6. The molecule has 1 heterocycles. The van der Waals surface area contributed by atoms with Crippen molar-refractivity contribution in [3.05, 3.63) is 120 Å². The van der Waals surface area contributed by atoms with Crippen LogP contribution in [0, 0.1) is 0 Å². The van der Waals surface area contributed by atoms with Crippen molar-refractivity contribution in [2.75, 3.05) is 4.90 Å². The Kier molecular flexibility index (Phi) is 5.53. The fourth-order valence-corrected chi connectivity index (χ4v) is 4.76. The van der Waals surface area contributed by atoms with E-state index in [1.54, 1.807) is 11.3 Å². The van der Waals surface area contributed by atoms with Crippen LogP contribution in [-0.2, 0) is 0 Å². The van der Waals surface area contributed by atoms with Crippen molar-refractivity contribution < 1.29 is 0 Å². The number of aromatic nitrogens is 1. The van der Waals surface area contributed by atoms with E-state index < -0.39 is 0 Å². The fraction of sp³-hybridized carbons (Fsp3) is 0. The number of halogens is 1. The number of para-hydroxylation sites is 2. The van der Waals surface area contributed by atoms with Crippen LogP contribution in [-0.4, -0.2) is 4.98 Å². The molecule has 0 N–H and O–H groups in total. The largest absolute Gasteiger partial charge is 0.300 e. The maximum atomic E-state index is 6.12. The SMILES string of the molecule is Clc1ccc(-c2nc(-c3ccccc3)c(N(c3ccccc3)c3ccccc3)s2)cc1. The van der Waals surface area contributed by atoms with Crippen molar-refractivity contribution >= 4 is 39.3 Å². The Bertz CT molecular complexity index is 1230. The lowest BCUT2D eigenvalue weighted by Crippen LogP contribution is -2.09. The third kappa shape index (κ3) is 4.11. The van der Waals surface area contributed by atoms with Crippen LogP contribution in [0.1, 0.15) is 0 Å². The summed E-state index contributed by atoms with van der Waals surface area (Å²) in [7, 11) is 0. The van der Waals surface area contributed by atoms with Crippen LogP contribution in [0.4, 0.5) is 16.4 Å². The summed E-state index contributed by atoms with van der Waals surface area (Å²) < 4.78 is 0. The van der Waals surface area contributed by atoms with Crippen LogP contribution in [0.15, 0.2) is 115 Å². The van der Waals surface area contributed by atoms with Gasteiger partial charge in [0.15, 0.2) is 0 Å². The molecule has 0 atom stereocenters. The molecule has 0 amide bonds. The van der Waals surface area contributed by atoms with Crippen molar-refractivity contribution in [3.8, 4) is 21.8 Å². The Morgan fingerprint density at radius 3 is 1.65 bits per heavy atom. The molecule has 4 aromatic carbocycles. The highest BCUT2D eigenvalue weighted by Gasteiger charge is 2.22. The van der Waals surface area contributed by atoms with E-state index in [0.717, 1.165) is 43.2 Å². The van der Waals surface area contributed by atoms with Gasteiger partial charge in [-0.25, -0.2) is 4.98 Å². The summed E-state index contributed by atoms with van der Waals surface area (Å²) in [6.45, 7) is 0. The van der Waals surface area contributed by atoms with E-state index >= 15 is 0 Å². The van der Waals surface area contributed by atoms with Gasteiger partial charge in [0.25, 0.3) is 0 Å². The Morgan fingerprint density at radius 2 is 1.10 bits per heavy atom. The minimum Gasteiger partial charge on any atom is -0.300 e. The van der Waals surface area contributed by atoms with Gasteiger partial charge in [-0.2, -0.15) is 0 Å². The van der Waals surface area contributed by atoms with Crippen LogP contribution in [0.25, 0.3) is 21.8 Å². The Balaban J connectivity index is 1.74. The zero-order chi connectivity index (χ0) is 21.0. The summed E-state index contributed by atoms with van der Waals surface area (Å²) in [5, 5.41) is 2.76. The highest BCUT2D eigenvalue weighted by atomic mass is 35.5. The normalized spacial score (nSPS) is 10.7. The van der Waals surface area contributed by atoms with E-state index in [9.17, 15) is 0 Å². The Morgan fingerprint density at radius 1 is 0.581 bits per heavy atom. The lowest BCUT2D eigenvalue weighted by molar-refractivity contribution is 1.29. The van der Waals surface area contributed by atoms with Crippen molar-refractivity contribution in [3.63, 3.8) is 0 Å². The van der Waals surface area contributed by atoms with E-state index in [1.807, 2.05) is 42.5 Å². The minimum atomic E-state index is 0.721. The second kappa shape index (κ2) is 8.76. The summed E-state index contributed by atoms with van der Waals surface area (Å²) in [5.74, 6) is 0. The lowest BCUT2D eigenvalue weighted by Gasteiger charge is -2.24. The van der Waals surface area contributed by atoms with Gasteiger partial charge in [-0.05, 0) is 36.4 Å². The zero-order valence-corrected chi connectivity index (χ0v) is 18.2. The number of benzene rings is 4. The molecule has 0 bridgehead atoms. The standard InChI is InChI=1S/C27H19ClN2S/c28-22-18-16-21(17-19-22)26-29-25(20-10-4-1-5-11-20)27(31-26)30(23-12-6-2-7-13-23)24-14-8-3-9-15-24/h1-19H. The second-order valence-corrected chi connectivity index (χ2v) is 8.47. The van der Waals surface area contributed by atoms with Crippen LogP contribution in [0.5, 0.6) is 0 Å². The van der Waals surface area contributed by atoms with Crippen LogP contribution in [0.3, 0.4) is 0 Å². The highest BCUT2D eigenvalue weighted by Crippen LogP contribution is 2.46. The van der Waals surface area contributed by atoms with E-state index in [4.69, 9.17) is 16.6 Å². The number of rotatable bonds is 5. The first-order valence-corrected chi connectivity index (χ1v) is 11.2. The molecule has 0 aliphatic heterocycles. The van der Waals surface area contributed by atoms with Crippen molar-refractivity contribution in [1.29, 1.82) is 0 Å². The third-order valence-electron chi connectivity index (χ3n) is 4.98. The van der Waals surface area contributed by atoms with E-state index in [0.29, 0.717) is 0 Å². The summed E-state index contributed by atoms with van der Waals surface area (Å²) in [6, 6.07) is 39.1. The first-order chi connectivity index (χ1) is 15.3. The summed E-state index contributed by atoms with van der Waals surface area (Å²) >= 11 is 7.80. The lowest BCUT2D eigenvalue weighted by atomic mass is 10.1. The predicted octanol–water partition coefficient (Wildman–Crippen LogP) is 8.60. The van der Waals surface area contributed by atoms with Crippen LogP contribution < -0.4 is 4.90 Å². The monoisotopic (exact) mass is 438 g/mol. The molecule has 1 aromatic heterocycles. The molecular weight excluding hydrogens is 420 g/mol. The molecule has 0 saturated heterocycles. The smallest absolute Gasteiger partial charge is 0.129 e. The van der Waals surface area contributed by atoms with Crippen LogP contribution >= 0.6 is 22.9 Å². The van der Waals surface area contributed by atoms with Crippen molar-refractivity contribution in [1.82, 2.24) is 4.98 Å². The maximum Gasteiger partial charge on any atom is 0.129 e. The predicted molar refractivity (Wildman–Crippen MR) is 133 cm³/mol. The molecule has 4 heteroatoms. The number of nitrogens with zero attached hydrogens (tertiary/aromatic N) is 2. The number of anilines is 3. The van der Waals surface area contributed by atoms with Gasteiger partial charge in [0.2, 0.25) is 0 Å². The van der Waals surface area contributed by atoms with Gasteiger partial charge >= 0.3 is 0 Å². The summed E-state index contributed by atoms with van der Waals surface area (Å²) in [4.78, 5) is 7.36. The Hall–Kier alpha value is -3.40. The van der Waals surface area contributed by atoms with Gasteiger partial charge in [-0.3, -0.25) is 0 Å². The number of thiazole rings is 1. The van der Waals surface area contributed by atoms with Gasteiger partial charge in [0.05, 0.1) is 0 Å². The second-order valence-electron chi connectivity index (χ2n) is 7.05. The average Bonchev–Trinajstić information content (AvgIpc) is 3.27. The van der Waals surface area contributed by atoms with E-state index in [-0.39, 0.29) is 0 Å². The fourth-order valence-electron chi connectivity index (χ4n) is 3.50. The molecule has 0 aliphatic carbocycles. The molecular formula is C27H19ClN2S. The van der Waals surface area contributed by atoms with E-state index in [1.165, 1.54) is 0 Å². The molecule has 0 fully saturated rings. The van der Waals surface area contributed by atoms with Gasteiger partial charge in [-0.15, -0.1) is 0 Å². The highest BCUT2D eigenvalue weighted by molar-refractivity contribution is 7.19. The van der Waals surface area contributed by atoms with Gasteiger partial charge in [-0.1, -0.05) is 102 Å². The third-order valence-corrected chi connectivity index (χ3v) is 6.32. The summed E-state index contributed by atoms with van der Waals surface area (Å²) in [5.41, 5.74) is 5.29. The minimum absolute atomic E-state index is 0.721. The number of hydrogen-bond donors (Lipinski definition) is 0. The molecule has 150 valence electrons.